The topological polar surface area (TPSA) is 69.6 Å². The first kappa shape index (κ1) is 20.6. The van der Waals surface area contributed by atoms with Gasteiger partial charge in [-0.3, -0.25) is 4.79 Å². The standard InChI is InChI=1S/C14H14F6N2O3/c1-7(11(23)24)6-22(2)12(25)21-10-4-8(13(15,16)17)3-9(5-10)14(18,19)20/h3-5,7H,6H2,1-2H3,(H,21,25)(H,23,24). The van der Waals surface area contributed by atoms with Crippen molar-refractivity contribution in [3.63, 3.8) is 0 Å². The summed E-state index contributed by atoms with van der Waals surface area (Å²) in [5, 5.41) is 10.7. The van der Waals surface area contributed by atoms with Crippen molar-refractivity contribution in [2.24, 2.45) is 5.92 Å². The lowest BCUT2D eigenvalue weighted by molar-refractivity contribution is -0.143. The van der Waals surface area contributed by atoms with Crippen molar-refractivity contribution in [1.82, 2.24) is 4.90 Å². The number of benzene rings is 1. The number of nitrogens with zero attached hydrogens (tertiary/aromatic N) is 1. The molecular weight excluding hydrogens is 358 g/mol. The van der Waals surface area contributed by atoms with E-state index in [1.165, 1.54) is 6.92 Å². The van der Waals surface area contributed by atoms with Crippen molar-refractivity contribution >= 4 is 17.7 Å². The summed E-state index contributed by atoms with van der Waals surface area (Å²) in [6.07, 6.45) is -10.1. The lowest BCUT2D eigenvalue weighted by Gasteiger charge is -2.21. The molecule has 0 aromatic heterocycles. The number of alkyl halides is 6. The van der Waals surface area contributed by atoms with Gasteiger partial charge in [-0.05, 0) is 18.2 Å². The maximum Gasteiger partial charge on any atom is 0.416 e. The van der Waals surface area contributed by atoms with Gasteiger partial charge in [0.1, 0.15) is 0 Å². The number of hydrogen-bond acceptors (Lipinski definition) is 2. The zero-order valence-corrected chi connectivity index (χ0v) is 13.0. The summed E-state index contributed by atoms with van der Waals surface area (Å²) >= 11 is 0. The van der Waals surface area contributed by atoms with Gasteiger partial charge in [-0.15, -0.1) is 0 Å². The number of amides is 2. The Morgan fingerprint density at radius 2 is 1.52 bits per heavy atom. The molecule has 0 saturated carbocycles. The quantitative estimate of drug-likeness (QED) is 0.788. The van der Waals surface area contributed by atoms with E-state index in [-0.39, 0.29) is 12.6 Å². The second-order valence-electron chi connectivity index (χ2n) is 5.34. The fraction of sp³-hybridized carbons (Fsp3) is 0.429. The number of rotatable bonds is 4. The predicted octanol–water partition coefficient (Wildman–Crippen LogP) is 3.91. The Hall–Kier alpha value is -2.46. The van der Waals surface area contributed by atoms with E-state index >= 15 is 0 Å². The molecule has 0 heterocycles. The van der Waals surface area contributed by atoms with Crippen LogP contribution < -0.4 is 5.32 Å². The first-order valence-corrected chi connectivity index (χ1v) is 6.76. The SMILES string of the molecule is CC(CN(C)C(=O)Nc1cc(C(F)(F)F)cc(C(F)(F)F)c1)C(=O)O. The van der Waals surface area contributed by atoms with E-state index in [9.17, 15) is 35.9 Å². The van der Waals surface area contributed by atoms with Gasteiger partial charge in [-0.25, -0.2) is 4.79 Å². The Morgan fingerprint density at radius 3 is 1.88 bits per heavy atom. The van der Waals surface area contributed by atoms with Crippen LogP contribution in [0.1, 0.15) is 18.1 Å². The van der Waals surface area contributed by atoms with Crippen molar-refractivity contribution in [1.29, 1.82) is 0 Å². The molecule has 0 fully saturated rings. The minimum absolute atomic E-state index is 0.0636. The Labute approximate surface area is 138 Å². The Balaban J connectivity index is 3.08. The summed E-state index contributed by atoms with van der Waals surface area (Å²) in [4.78, 5) is 23.4. The van der Waals surface area contributed by atoms with E-state index in [2.05, 4.69) is 0 Å². The fourth-order valence-electron chi connectivity index (χ4n) is 1.82. The molecule has 1 atom stereocenters. The van der Waals surface area contributed by atoms with E-state index in [4.69, 9.17) is 5.11 Å². The summed E-state index contributed by atoms with van der Waals surface area (Å²) in [6, 6.07) is -0.379. The minimum atomic E-state index is -5.04. The molecule has 0 bridgehead atoms. The first-order chi connectivity index (χ1) is 11.2. The van der Waals surface area contributed by atoms with Crippen molar-refractivity contribution in [3.8, 4) is 0 Å². The number of carbonyl (C=O) groups is 2. The molecule has 0 radical (unpaired) electrons. The molecule has 140 valence electrons. The van der Waals surface area contributed by atoms with Gasteiger partial charge in [0.2, 0.25) is 0 Å². The monoisotopic (exact) mass is 372 g/mol. The summed E-state index contributed by atoms with van der Waals surface area (Å²) in [5.74, 6) is -2.18. The predicted molar refractivity (Wildman–Crippen MR) is 74.9 cm³/mol. The Morgan fingerprint density at radius 1 is 1.08 bits per heavy atom. The molecule has 0 aliphatic rings. The molecule has 1 aromatic rings. The van der Waals surface area contributed by atoms with E-state index in [1.54, 1.807) is 0 Å². The number of carboxylic acid groups (broad SMARTS) is 1. The van der Waals surface area contributed by atoms with E-state index in [0.717, 1.165) is 11.9 Å². The van der Waals surface area contributed by atoms with Crippen LogP contribution >= 0.6 is 0 Å². The molecule has 5 nitrogen and oxygen atoms in total. The van der Waals surface area contributed by atoms with Gasteiger partial charge >= 0.3 is 24.4 Å². The molecule has 0 aliphatic carbocycles. The van der Waals surface area contributed by atoms with Crippen LogP contribution in [0.2, 0.25) is 0 Å². The zero-order chi connectivity index (χ0) is 19.6. The molecule has 0 aliphatic heterocycles. The normalized spacial score (nSPS) is 13.3. The summed E-state index contributed by atoms with van der Waals surface area (Å²) in [6.45, 7) is 1.00. The van der Waals surface area contributed by atoms with Crippen LogP contribution in [0.25, 0.3) is 0 Å². The first-order valence-electron chi connectivity index (χ1n) is 6.76. The highest BCUT2D eigenvalue weighted by molar-refractivity contribution is 5.89. The number of urea groups is 1. The van der Waals surface area contributed by atoms with E-state index < -0.39 is 47.1 Å². The van der Waals surface area contributed by atoms with Gasteiger partial charge in [0, 0.05) is 19.3 Å². The number of nitrogens with one attached hydrogen (secondary N) is 1. The summed E-state index contributed by atoms with van der Waals surface area (Å²) in [5.41, 5.74) is -3.85. The number of anilines is 1. The fourth-order valence-corrected chi connectivity index (χ4v) is 1.82. The van der Waals surface area contributed by atoms with Crippen LogP contribution in [0, 0.1) is 5.92 Å². The second-order valence-corrected chi connectivity index (χ2v) is 5.34. The van der Waals surface area contributed by atoms with Crippen LogP contribution in [0.15, 0.2) is 18.2 Å². The molecule has 1 aromatic carbocycles. The highest BCUT2D eigenvalue weighted by atomic mass is 19.4. The van der Waals surface area contributed by atoms with Crippen LogP contribution in [-0.2, 0) is 17.1 Å². The van der Waals surface area contributed by atoms with Crippen LogP contribution in [-0.4, -0.2) is 35.6 Å². The number of halogens is 6. The van der Waals surface area contributed by atoms with Crippen molar-refractivity contribution in [2.75, 3.05) is 18.9 Å². The maximum absolute atomic E-state index is 12.7. The average molecular weight is 372 g/mol. The van der Waals surface area contributed by atoms with Gasteiger partial charge < -0.3 is 15.3 Å². The second kappa shape index (κ2) is 7.19. The molecule has 1 rings (SSSR count). The number of hydrogen-bond donors (Lipinski definition) is 2. The Bertz CT molecular complexity index is 625. The van der Waals surface area contributed by atoms with E-state index in [1.807, 2.05) is 5.32 Å². The number of carboxylic acids is 1. The summed E-state index contributed by atoms with van der Waals surface area (Å²) < 4.78 is 76.4. The maximum atomic E-state index is 12.7. The third-order valence-corrected chi connectivity index (χ3v) is 3.15. The highest BCUT2D eigenvalue weighted by Gasteiger charge is 2.37. The van der Waals surface area contributed by atoms with Crippen LogP contribution in [0.4, 0.5) is 36.8 Å². The van der Waals surface area contributed by atoms with Crippen molar-refractivity contribution in [2.45, 2.75) is 19.3 Å². The molecular formula is C14H14F6N2O3. The van der Waals surface area contributed by atoms with E-state index in [0.29, 0.717) is 12.1 Å². The molecule has 1 unspecified atom stereocenters. The smallest absolute Gasteiger partial charge is 0.416 e. The zero-order valence-electron chi connectivity index (χ0n) is 13.0. The molecule has 2 amide bonds. The van der Waals surface area contributed by atoms with Crippen molar-refractivity contribution < 1.29 is 41.0 Å². The third kappa shape index (κ3) is 5.84. The largest absolute Gasteiger partial charge is 0.481 e. The Kier molecular flexibility index (Phi) is 5.92. The highest BCUT2D eigenvalue weighted by Crippen LogP contribution is 2.37. The lowest BCUT2D eigenvalue weighted by Crippen LogP contribution is -2.36. The van der Waals surface area contributed by atoms with Gasteiger partial charge in [0.05, 0.1) is 17.0 Å². The van der Waals surface area contributed by atoms with Crippen LogP contribution in [0.5, 0.6) is 0 Å². The van der Waals surface area contributed by atoms with Gasteiger partial charge in [0.25, 0.3) is 0 Å². The lowest BCUT2D eigenvalue weighted by atomic mass is 10.1. The average Bonchev–Trinajstić information content (AvgIpc) is 2.44. The van der Waals surface area contributed by atoms with Crippen LogP contribution in [0.3, 0.4) is 0 Å². The molecule has 0 spiro atoms. The minimum Gasteiger partial charge on any atom is -0.481 e. The number of carbonyl (C=O) groups excluding carboxylic acids is 1. The number of aliphatic carboxylic acids is 1. The van der Waals surface area contributed by atoms with Gasteiger partial charge in [-0.2, -0.15) is 26.3 Å². The van der Waals surface area contributed by atoms with Gasteiger partial charge in [0.15, 0.2) is 0 Å². The third-order valence-electron chi connectivity index (χ3n) is 3.15. The molecule has 0 saturated heterocycles. The molecule has 25 heavy (non-hydrogen) atoms. The van der Waals surface area contributed by atoms with Gasteiger partial charge in [-0.1, -0.05) is 6.92 Å². The van der Waals surface area contributed by atoms with Crippen molar-refractivity contribution in [3.05, 3.63) is 29.3 Å². The molecule has 2 N–H and O–H groups in total. The summed E-state index contributed by atoms with van der Waals surface area (Å²) in [7, 11) is 1.16. The molecule has 11 heteroatoms.